The van der Waals surface area contributed by atoms with Gasteiger partial charge in [-0.2, -0.15) is 32.3 Å². The van der Waals surface area contributed by atoms with E-state index in [0.717, 1.165) is 6.07 Å². The van der Waals surface area contributed by atoms with E-state index < -0.39 is 61.0 Å². The third-order valence-corrected chi connectivity index (χ3v) is 7.09. The number of amidine groups is 1. The highest BCUT2D eigenvalue weighted by Gasteiger charge is 2.21. The third-order valence-electron chi connectivity index (χ3n) is 5.35. The first-order chi connectivity index (χ1) is 21.4. The molecule has 21 heteroatoms. The summed E-state index contributed by atoms with van der Waals surface area (Å²) < 4.78 is 65.3. The number of carbonyl (C=O) groups is 1. The van der Waals surface area contributed by atoms with Crippen LogP contribution in [0.25, 0.3) is 0 Å². The molecule has 4 rings (SSSR count). The molecule has 0 aliphatic rings. The first-order valence-electron chi connectivity index (χ1n) is 11.7. The second-order valence-electron chi connectivity index (χ2n) is 8.24. The van der Waals surface area contributed by atoms with E-state index in [2.05, 4.69) is 45.4 Å². The fraction of sp³-hybridized carbons (Fsp3) is 0. The number of benzene rings is 3. The molecule has 16 nitrogen and oxygen atoms in total. The zero-order valence-electron chi connectivity index (χ0n) is 21.8. The standard InChI is InChI=1S/C24H16ClF2N7O9S2/c25-18-20(26)29-24(27)30-22(18)28-16-9-13(45(39,40)41)10-17(19(16)35)32-34-21(11-4-2-1-3-5-11)33-31-15-7-6-12(44-43-42-38)8-14(15)23(36)37/h1-10,31,35,38H,(H,36,37)(H,28,29,30)(H,39,40,41). The van der Waals surface area contributed by atoms with Gasteiger partial charge in [0.1, 0.15) is 10.7 Å². The molecule has 0 saturated carbocycles. The van der Waals surface area contributed by atoms with Gasteiger partial charge in [0.15, 0.2) is 11.6 Å². The number of nitrogens with one attached hydrogen (secondary N) is 2. The summed E-state index contributed by atoms with van der Waals surface area (Å²) in [6, 6.07) is 13.3. The number of carboxylic acids is 1. The van der Waals surface area contributed by atoms with Gasteiger partial charge in [0.05, 0.1) is 33.9 Å². The van der Waals surface area contributed by atoms with Gasteiger partial charge in [-0.05, 0) is 30.3 Å². The number of halogens is 3. The van der Waals surface area contributed by atoms with Crippen molar-refractivity contribution in [1.29, 1.82) is 0 Å². The fourth-order valence-electron chi connectivity index (χ4n) is 3.37. The Hall–Kier alpha value is -4.83. The van der Waals surface area contributed by atoms with Crippen molar-refractivity contribution in [3.63, 3.8) is 0 Å². The number of aromatic nitrogens is 2. The molecule has 0 unspecified atom stereocenters. The molecule has 0 spiro atoms. The Morgan fingerprint density at radius 3 is 2.44 bits per heavy atom. The minimum absolute atomic E-state index is 0.0238. The van der Waals surface area contributed by atoms with Gasteiger partial charge in [-0.1, -0.05) is 47.0 Å². The second-order valence-corrected chi connectivity index (χ2v) is 10.8. The predicted octanol–water partition coefficient (Wildman–Crippen LogP) is 5.79. The van der Waals surface area contributed by atoms with Crippen LogP contribution in [-0.2, 0) is 19.5 Å². The lowest BCUT2D eigenvalue weighted by atomic mass is 10.2. The fourth-order valence-corrected chi connectivity index (χ4v) is 4.43. The van der Waals surface area contributed by atoms with Crippen LogP contribution in [-0.4, -0.2) is 50.2 Å². The number of hydrazone groups is 1. The minimum atomic E-state index is -4.94. The number of nitrogens with zero attached hydrogens (tertiary/aromatic N) is 5. The monoisotopic (exact) mass is 683 g/mol. The summed E-state index contributed by atoms with van der Waals surface area (Å²) in [4.78, 5) is 17.3. The Morgan fingerprint density at radius 1 is 1.04 bits per heavy atom. The summed E-state index contributed by atoms with van der Waals surface area (Å²) >= 11 is 6.27. The van der Waals surface area contributed by atoms with Crippen LogP contribution in [0.1, 0.15) is 15.9 Å². The average Bonchev–Trinajstić information content (AvgIpc) is 3.00. The van der Waals surface area contributed by atoms with Crippen molar-refractivity contribution in [1.82, 2.24) is 9.97 Å². The van der Waals surface area contributed by atoms with Crippen molar-refractivity contribution in [3.8, 4) is 5.75 Å². The molecule has 0 atom stereocenters. The van der Waals surface area contributed by atoms with Gasteiger partial charge in [0.25, 0.3) is 10.1 Å². The van der Waals surface area contributed by atoms with Crippen molar-refractivity contribution >= 4 is 68.4 Å². The van der Waals surface area contributed by atoms with Gasteiger partial charge >= 0.3 is 12.0 Å². The van der Waals surface area contributed by atoms with E-state index in [9.17, 15) is 36.8 Å². The Balaban J connectivity index is 1.77. The van der Waals surface area contributed by atoms with Gasteiger partial charge in [0, 0.05) is 10.5 Å². The molecule has 0 saturated heterocycles. The largest absolute Gasteiger partial charge is 0.504 e. The number of azo groups is 1. The van der Waals surface area contributed by atoms with Crippen LogP contribution in [0.3, 0.4) is 0 Å². The summed E-state index contributed by atoms with van der Waals surface area (Å²) in [5.41, 5.74) is 1.41. The number of rotatable bonds is 11. The molecule has 0 amide bonds. The highest BCUT2D eigenvalue weighted by Crippen LogP contribution is 2.40. The molecule has 234 valence electrons. The maximum Gasteiger partial charge on any atom is 0.337 e. The van der Waals surface area contributed by atoms with Gasteiger partial charge < -0.3 is 15.5 Å². The van der Waals surface area contributed by atoms with Crippen molar-refractivity contribution in [2.45, 2.75) is 9.79 Å². The van der Waals surface area contributed by atoms with E-state index in [-0.39, 0.29) is 22.0 Å². The van der Waals surface area contributed by atoms with Gasteiger partial charge in [-0.25, -0.2) is 10.1 Å². The van der Waals surface area contributed by atoms with Gasteiger partial charge in [-0.3, -0.25) is 9.98 Å². The highest BCUT2D eigenvalue weighted by molar-refractivity contribution is 7.94. The first-order valence-corrected chi connectivity index (χ1v) is 14.3. The number of aromatic carboxylic acids is 1. The molecule has 0 aliphatic heterocycles. The lowest BCUT2D eigenvalue weighted by Gasteiger charge is -2.12. The molecule has 0 aliphatic carbocycles. The van der Waals surface area contributed by atoms with Gasteiger partial charge in [-0.15, -0.1) is 14.6 Å². The summed E-state index contributed by atoms with van der Waals surface area (Å²) in [5, 5.41) is 45.6. The lowest BCUT2D eigenvalue weighted by molar-refractivity contribution is -0.432. The zero-order valence-corrected chi connectivity index (χ0v) is 24.2. The van der Waals surface area contributed by atoms with E-state index in [0.29, 0.717) is 23.7 Å². The zero-order chi connectivity index (χ0) is 32.7. The van der Waals surface area contributed by atoms with Crippen molar-refractivity contribution < 1.29 is 51.4 Å². The lowest BCUT2D eigenvalue weighted by Crippen LogP contribution is -2.06. The Labute approximate surface area is 259 Å². The van der Waals surface area contributed by atoms with Crippen LogP contribution < -0.4 is 10.7 Å². The number of phenolic OH excluding ortho intramolecular Hbond substituents is 1. The Morgan fingerprint density at radius 2 is 1.78 bits per heavy atom. The predicted molar refractivity (Wildman–Crippen MR) is 153 cm³/mol. The maximum atomic E-state index is 13.8. The van der Waals surface area contributed by atoms with E-state index in [1.807, 2.05) is 0 Å². The van der Waals surface area contributed by atoms with Crippen molar-refractivity contribution in [2.75, 3.05) is 10.7 Å². The molecule has 3 aromatic carbocycles. The summed E-state index contributed by atoms with van der Waals surface area (Å²) in [7, 11) is -4.94. The molecule has 1 heterocycles. The minimum Gasteiger partial charge on any atom is -0.504 e. The smallest absolute Gasteiger partial charge is 0.337 e. The molecule has 0 radical (unpaired) electrons. The second kappa shape index (κ2) is 14.3. The van der Waals surface area contributed by atoms with Crippen LogP contribution in [0.5, 0.6) is 5.75 Å². The Bertz CT molecular complexity index is 1920. The molecule has 45 heavy (non-hydrogen) atoms. The first kappa shape index (κ1) is 33.1. The van der Waals surface area contributed by atoms with Gasteiger partial charge in [0.2, 0.25) is 11.8 Å². The summed E-state index contributed by atoms with van der Waals surface area (Å²) in [6.07, 6.45) is -1.53. The van der Waals surface area contributed by atoms with E-state index in [4.69, 9.17) is 16.9 Å². The number of aromatic hydroxyl groups is 1. The number of carboxylic acid groups (broad SMARTS) is 1. The molecular weight excluding hydrogens is 668 g/mol. The summed E-state index contributed by atoms with van der Waals surface area (Å²) in [5.74, 6) is -4.55. The molecule has 6 N–H and O–H groups in total. The van der Waals surface area contributed by atoms with Crippen molar-refractivity contribution in [3.05, 3.63) is 88.8 Å². The average molecular weight is 684 g/mol. The molecule has 4 aromatic rings. The number of hydrogen-bond acceptors (Lipinski definition) is 14. The van der Waals surface area contributed by atoms with E-state index in [1.165, 1.54) is 18.2 Å². The quantitative estimate of drug-likeness (QED) is 0.0105. The molecule has 0 fully saturated rings. The topological polar surface area (TPSA) is 238 Å². The molecule has 0 bridgehead atoms. The summed E-state index contributed by atoms with van der Waals surface area (Å²) in [6.45, 7) is 0. The van der Waals surface area contributed by atoms with Crippen LogP contribution in [0, 0.1) is 12.0 Å². The van der Waals surface area contributed by atoms with Crippen LogP contribution in [0.2, 0.25) is 5.02 Å². The SMILES string of the molecule is O=C(O)c1cc(SOOO)ccc1NN=C(N=Nc1cc(S(=O)(=O)O)cc(Nc2nc(F)nc(F)c2Cl)c1O)c1ccccc1. The highest BCUT2D eigenvalue weighted by atomic mass is 35.5. The van der Waals surface area contributed by atoms with E-state index >= 15 is 0 Å². The molecular formula is C24H16ClF2N7O9S2. The number of hydrogen-bond donors (Lipinski definition) is 6. The third kappa shape index (κ3) is 8.42. The molecule has 1 aromatic heterocycles. The normalized spacial score (nSPS) is 12.0. The van der Waals surface area contributed by atoms with Crippen LogP contribution >= 0.6 is 23.6 Å². The van der Waals surface area contributed by atoms with Crippen LogP contribution in [0.15, 0.2) is 85.8 Å². The van der Waals surface area contributed by atoms with E-state index in [1.54, 1.807) is 30.3 Å². The Kier molecular flexibility index (Phi) is 10.5. The number of phenols is 1. The maximum absolute atomic E-state index is 13.8. The number of anilines is 3. The van der Waals surface area contributed by atoms with Crippen LogP contribution in [0.4, 0.5) is 31.7 Å². The van der Waals surface area contributed by atoms with Crippen molar-refractivity contribution in [2.24, 2.45) is 15.3 Å².